The van der Waals surface area contributed by atoms with Gasteiger partial charge in [-0.1, -0.05) is 0 Å². The molecule has 31 heavy (non-hydrogen) atoms. The Morgan fingerprint density at radius 3 is 2.58 bits per heavy atom. The van der Waals surface area contributed by atoms with Crippen molar-refractivity contribution in [3.63, 3.8) is 0 Å². The number of nitrogens with one attached hydrogen (secondary N) is 2. The van der Waals surface area contributed by atoms with Gasteiger partial charge in [0.05, 0.1) is 18.2 Å². The van der Waals surface area contributed by atoms with Gasteiger partial charge >= 0.3 is 17.6 Å². The highest BCUT2D eigenvalue weighted by Gasteiger charge is 2.22. The van der Waals surface area contributed by atoms with Crippen molar-refractivity contribution in [2.24, 2.45) is 5.73 Å². The number of aliphatic carboxylic acids is 1. The molecular weight excluding hydrogens is 406 g/mol. The van der Waals surface area contributed by atoms with Gasteiger partial charge in [0.25, 0.3) is 0 Å². The van der Waals surface area contributed by atoms with Crippen LogP contribution in [0.2, 0.25) is 0 Å². The lowest BCUT2D eigenvalue weighted by atomic mass is 10.0. The van der Waals surface area contributed by atoms with Crippen molar-refractivity contribution in [2.75, 3.05) is 6.54 Å². The first kappa shape index (κ1) is 21.9. The summed E-state index contributed by atoms with van der Waals surface area (Å²) in [4.78, 5) is 47.1. The first-order chi connectivity index (χ1) is 14.7. The summed E-state index contributed by atoms with van der Waals surface area (Å²) in [5.41, 5.74) is 6.90. The van der Waals surface area contributed by atoms with Crippen molar-refractivity contribution in [1.82, 2.24) is 10.6 Å². The van der Waals surface area contributed by atoms with Crippen LogP contribution in [0.3, 0.4) is 0 Å². The number of carbonyl (C=O) groups excluding carboxylic acids is 2. The second-order valence-corrected chi connectivity index (χ2v) is 7.32. The lowest BCUT2D eigenvalue weighted by Gasteiger charge is -2.15. The molecule has 10 heteroatoms. The van der Waals surface area contributed by atoms with Crippen LogP contribution in [-0.4, -0.2) is 35.6 Å². The Kier molecular flexibility index (Phi) is 6.28. The number of nitrogens with two attached hydrogens (primary N) is 1. The van der Waals surface area contributed by atoms with Crippen molar-refractivity contribution in [3.05, 3.63) is 45.5 Å². The fourth-order valence-electron chi connectivity index (χ4n) is 3.42. The van der Waals surface area contributed by atoms with Gasteiger partial charge in [-0.25, -0.2) is 14.4 Å². The van der Waals surface area contributed by atoms with E-state index in [0.717, 1.165) is 10.9 Å². The summed E-state index contributed by atoms with van der Waals surface area (Å²) < 4.78 is 10.8. The van der Waals surface area contributed by atoms with Gasteiger partial charge in [0.2, 0.25) is 5.91 Å². The Morgan fingerprint density at radius 1 is 1.16 bits per heavy atom. The highest BCUT2D eigenvalue weighted by atomic mass is 16.4. The Bertz CT molecular complexity index is 1230. The van der Waals surface area contributed by atoms with Crippen LogP contribution >= 0.6 is 0 Å². The Balaban J connectivity index is 1.79. The summed E-state index contributed by atoms with van der Waals surface area (Å²) in [5, 5.41) is 15.6. The van der Waals surface area contributed by atoms with E-state index in [1.807, 2.05) is 13.0 Å². The molecule has 2 aromatic heterocycles. The van der Waals surface area contributed by atoms with E-state index in [2.05, 4.69) is 10.6 Å². The molecule has 164 valence electrons. The van der Waals surface area contributed by atoms with E-state index in [1.165, 1.54) is 0 Å². The Morgan fingerprint density at radius 2 is 1.90 bits per heavy atom. The number of urea groups is 1. The number of amides is 3. The van der Waals surface area contributed by atoms with Crippen molar-refractivity contribution in [2.45, 2.75) is 39.2 Å². The first-order valence-electron chi connectivity index (χ1n) is 9.67. The van der Waals surface area contributed by atoms with E-state index in [-0.39, 0.29) is 24.9 Å². The number of fused-ring (bicyclic) bond motifs is 2. The highest BCUT2D eigenvalue weighted by Crippen LogP contribution is 2.28. The quantitative estimate of drug-likeness (QED) is 0.312. The SMILES string of the molecule is Cc1coc2cc3oc(=O)c(CC(=O)NC(CCCNC(N)=O)C(=O)O)c(C)c3cc12. The van der Waals surface area contributed by atoms with E-state index in [0.29, 0.717) is 28.5 Å². The average Bonchev–Trinajstić information content (AvgIpc) is 3.05. The average molecular weight is 429 g/mol. The lowest BCUT2D eigenvalue weighted by molar-refractivity contribution is -0.141. The Hall–Kier alpha value is -3.82. The predicted octanol–water partition coefficient (Wildman–Crippen LogP) is 1.72. The van der Waals surface area contributed by atoms with Gasteiger partial charge in [-0.3, -0.25) is 4.79 Å². The molecule has 3 amide bonds. The number of carbonyl (C=O) groups is 3. The van der Waals surface area contributed by atoms with E-state index >= 15 is 0 Å². The zero-order valence-corrected chi connectivity index (χ0v) is 17.1. The van der Waals surface area contributed by atoms with Crippen LogP contribution in [0.15, 0.2) is 32.0 Å². The van der Waals surface area contributed by atoms with Crippen molar-refractivity contribution < 1.29 is 28.3 Å². The van der Waals surface area contributed by atoms with Gasteiger partial charge in [0.1, 0.15) is 17.2 Å². The first-order valence-corrected chi connectivity index (χ1v) is 9.67. The molecule has 5 N–H and O–H groups in total. The number of benzene rings is 1. The molecule has 2 heterocycles. The maximum Gasteiger partial charge on any atom is 0.340 e. The molecule has 0 bridgehead atoms. The topological polar surface area (TPSA) is 165 Å². The van der Waals surface area contributed by atoms with Crippen LogP contribution < -0.4 is 22.0 Å². The molecule has 0 saturated carbocycles. The number of carboxylic acids is 1. The number of carboxylic acid groups (broad SMARTS) is 1. The number of hydrogen-bond donors (Lipinski definition) is 4. The van der Waals surface area contributed by atoms with Crippen LogP contribution in [0, 0.1) is 13.8 Å². The van der Waals surface area contributed by atoms with Crippen LogP contribution in [-0.2, 0) is 16.0 Å². The van der Waals surface area contributed by atoms with Crippen LogP contribution in [0.1, 0.15) is 29.5 Å². The summed E-state index contributed by atoms with van der Waals surface area (Å²) in [6.45, 7) is 3.79. The van der Waals surface area contributed by atoms with Crippen molar-refractivity contribution >= 4 is 39.8 Å². The summed E-state index contributed by atoms with van der Waals surface area (Å²) in [6.07, 6.45) is 1.67. The molecule has 1 unspecified atom stereocenters. The second-order valence-electron chi connectivity index (χ2n) is 7.32. The standard InChI is InChI=1S/C21H23N3O7/c1-10-9-30-16-8-17-13(6-12(10)16)11(2)14(20(28)31-17)7-18(25)24-15(19(26)27)4-3-5-23-21(22)29/h6,8-9,15H,3-5,7H2,1-2H3,(H,24,25)(H,26,27)(H3,22,23,29). The van der Waals surface area contributed by atoms with Crippen molar-refractivity contribution in [3.8, 4) is 0 Å². The van der Waals surface area contributed by atoms with Crippen LogP contribution in [0.5, 0.6) is 0 Å². The predicted molar refractivity (Wildman–Crippen MR) is 112 cm³/mol. The molecular formula is C21H23N3O7. The number of furan rings is 1. The van der Waals surface area contributed by atoms with Crippen LogP contribution in [0.4, 0.5) is 4.79 Å². The van der Waals surface area contributed by atoms with Gasteiger partial charge in [-0.2, -0.15) is 0 Å². The third kappa shape index (κ3) is 4.85. The zero-order chi connectivity index (χ0) is 22.7. The summed E-state index contributed by atoms with van der Waals surface area (Å²) in [5.74, 6) is -1.84. The van der Waals surface area contributed by atoms with Gasteiger partial charge in [0, 0.05) is 23.4 Å². The molecule has 1 aromatic carbocycles. The van der Waals surface area contributed by atoms with Gasteiger partial charge in [-0.15, -0.1) is 0 Å². The fourth-order valence-corrected chi connectivity index (χ4v) is 3.42. The maximum atomic E-state index is 12.5. The lowest BCUT2D eigenvalue weighted by Crippen LogP contribution is -2.42. The maximum absolute atomic E-state index is 12.5. The highest BCUT2D eigenvalue weighted by molar-refractivity contribution is 5.96. The zero-order valence-electron chi connectivity index (χ0n) is 17.1. The summed E-state index contributed by atoms with van der Waals surface area (Å²) >= 11 is 0. The molecule has 0 aliphatic carbocycles. The number of rotatable bonds is 8. The molecule has 0 saturated heterocycles. The minimum atomic E-state index is -1.22. The monoisotopic (exact) mass is 429 g/mol. The molecule has 1 atom stereocenters. The van der Waals surface area contributed by atoms with Gasteiger partial charge < -0.3 is 30.3 Å². The van der Waals surface area contributed by atoms with E-state index in [9.17, 15) is 24.3 Å². The smallest absolute Gasteiger partial charge is 0.340 e. The van der Waals surface area contributed by atoms with Crippen molar-refractivity contribution in [1.29, 1.82) is 0 Å². The van der Waals surface area contributed by atoms with Gasteiger partial charge in [0.15, 0.2) is 0 Å². The molecule has 0 fully saturated rings. The van der Waals surface area contributed by atoms with E-state index < -0.39 is 29.6 Å². The second kappa shape index (κ2) is 8.90. The van der Waals surface area contributed by atoms with E-state index in [4.69, 9.17) is 14.6 Å². The molecule has 0 aliphatic rings. The normalized spacial score (nSPS) is 12.1. The minimum Gasteiger partial charge on any atom is -0.480 e. The summed E-state index contributed by atoms with van der Waals surface area (Å²) in [7, 11) is 0. The third-order valence-corrected chi connectivity index (χ3v) is 5.11. The third-order valence-electron chi connectivity index (χ3n) is 5.11. The summed E-state index contributed by atoms with van der Waals surface area (Å²) in [6, 6.07) is 1.60. The number of aryl methyl sites for hydroxylation is 2. The fraction of sp³-hybridized carbons (Fsp3) is 0.333. The van der Waals surface area contributed by atoms with E-state index in [1.54, 1.807) is 19.3 Å². The molecule has 3 rings (SSSR count). The molecule has 10 nitrogen and oxygen atoms in total. The number of hydrogen-bond acceptors (Lipinski definition) is 6. The number of primary amides is 1. The molecule has 0 spiro atoms. The molecule has 3 aromatic rings. The molecule has 0 aliphatic heterocycles. The minimum absolute atomic E-state index is 0.0877. The van der Waals surface area contributed by atoms with Gasteiger partial charge in [-0.05, 0) is 43.9 Å². The Labute approximate surface area is 176 Å². The largest absolute Gasteiger partial charge is 0.480 e. The van der Waals surface area contributed by atoms with Crippen LogP contribution in [0.25, 0.3) is 21.9 Å². The molecule has 0 radical (unpaired) electrons.